The van der Waals surface area contributed by atoms with Crippen LogP contribution in [0.3, 0.4) is 0 Å². The van der Waals surface area contributed by atoms with E-state index in [1.165, 1.54) is 24.3 Å². The zero-order valence-electron chi connectivity index (χ0n) is 14.5. The van der Waals surface area contributed by atoms with Crippen LogP contribution in [0, 0.1) is 10.1 Å². The lowest BCUT2D eigenvalue weighted by Gasteiger charge is -2.12. The maximum Gasteiger partial charge on any atom is 0.280 e. The molecule has 0 aliphatic carbocycles. The van der Waals surface area contributed by atoms with E-state index in [2.05, 4.69) is 10.5 Å². The number of allylic oxidation sites excluding steroid dienone is 1. The van der Waals surface area contributed by atoms with Crippen molar-refractivity contribution in [3.63, 3.8) is 0 Å². The first kappa shape index (κ1) is 18.9. The maximum absolute atomic E-state index is 12.0. The summed E-state index contributed by atoms with van der Waals surface area (Å²) in [5.41, 5.74) is 4.05. The molecule has 0 aromatic heterocycles. The predicted molar refractivity (Wildman–Crippen MR) is 99.9 cm³/mol. The number of nitrogens with zero attached hydrogens (tertiary/aromatic N) is 2. The van der Waals surface area contributed by atoms with Gasteiger partial charge in [-0.2, -0.15) is 5.10 Å². The highest BCUT2D eigenvalue weighted by Crippen LogP contribution is 2.18. The van der Waals surface area contributed by atoms with Crippen molar-refractivity contribution >= 4 is 23.4 Å². The lowest BCUT2D eigenvalue weighted by Crippen LogP contribution is -2.33. The molecule has 1 amide bonds. The quantitative estimate of drug-likeness (QED) is 0.468. The number of non-ortho nitro benzene ring substituents is 1. The molecule has 0 spiro atoms. The molecule has 0 fully saturated rings. The average molecular weight is 353 g/mol. The van der Waals surface area contributed by atoms with Gasteiger partial charge in [-0.3, -0.25) is 14.9 Å². The van der Waals surface area contributed by atoms with Crippen LogP contribution in [0.15, 0.2) is 65.8 Å². The molecule has 0 radical (unpaired) electrons. The molecule has 0 saturated heterocycles. The molecule has 7 heteroatoms. The number of ether oxygens (including phenoxy) is 1. The molecule has 2 aromatic carbocycles. The highest BCUT2D eigenvalue weighted by molar-refractivity contribution is 5.97. The minimum Gasteiger partial charge on any atom is -0.481 e. The molecule has 2 aromatic rings. The topological polar surface area (TPSA) is 93.8 Å². The van der Waals surface area contributed by atoms with Crippen molar-refractivity contribution < 1.29 is 14.5 Å². The van der Waals surface area contributed by atoms with Crippen molar-refractivity contribution in [2.75, 3.05) is 0 Å². The Bertz CT molecular complexity index is 814. The number of carbonyl (C=O) groups excluding carboxylic acids is 1. The number of nitrogens with one attached hydrogen (secondary N) is 1. The van der Waals surface area contributed by atoms with Gasteiger partial charge in [-0.1, -0.05) is 36.4 Å². The van der Waals surface area contributed by atoms with Crippen LogP contribution < -0.4 is 10.2 Å². The largest absolute Gasteiger partial charge is 0.481 e. The molecule has 0 unspecified atom stereocenters. The highest BCUT2D eigenvalue weighted by Gasteiger charge is 2.14. The monoisotopic (exact) mass is 353 g/mol. The summed E-state index contributed by atoms with van der Waals surface area (Å²) in [4.78, 5) is 22.1. The fourth-order valence-electron chi connectivity index (χ4n) is 1.96. The molecule has 26 heavy (non-hydrogen) atoms. The third-order valence-electron chi connectivity index (χ3n) is 3.39. The van der Waals surface area contributed by atoms with E-state index in [4.69, 9.17) is 4.74 Å². The molecule has 134 valence electrons. The molecule has 1 atom stereocenters. The lowest BCUT2D eigenvalue weighted by atomic mass is 10.2. The summed E-state index contributed by atoms with van der Waals surface area (Å²) in [6.07, 6.45) is 2.88. The Morgan fingerprint density at radius 1 is 1.19 bits per heavy atom. The first-order valence-electron chi connectivity index (χ1n) is 7.94. The summed E-state index contributed by atoms with van der Waals surface area (Å²) >= 11 is 0. The first-order valence-corrected chi connectivity index (χ1v) is 7.94. The number of nitro benzene ring substituents is 1. The van der Waals surface area contributed by atoms with E-state index >= 15 is 0 Å². The Kier molecular flexibility index (Phi) is 6.61. The van der Waals surface area contributed by atoms with Crippen LogP contribution in [0.2, 0.25) is 0 Å². The smallest absolute Gasteiger partial charge is 0.280 e. The predicted octanol–water partition coefficient (Wildman–Crippen LogP) is 3.57. The van der Waals surface area contributed by atoms with Gasteiger partial charge >= 0.3 is 0 Å². The number of amides is 1. The zero-order valence-corrected chi connectivity index (χ0v) is 14.5. The van der Waals surface area contributed by atoms with Gasteiger partial charge in [0.15, 0.2) is 6.10 Å². The number of hydrogen-bond acceptors (Lipinski definition) is 5. The van der Waals surface area contributed by atoms with E-state index < -0.39 is 16.9 Å². The van der Waals surface area contributed by atoms with Crippen molar-refractivity contribution in [3.05, 3.63) is 76.4 Å². The Balaban J connectivity index is 1.87. The van der Waals surface area contributed by atoms with Crippen molar-refractivity contribution in [3.8, 4) is 5.75 Å². The molecule has 1 N–H and O–H groups in total. The van der Waals surface area contributed by atoms with Crippen molar-refractivity contribution in [1.29, 1.82) is 0 Å². The fourth-order valence-corrected chi connectivity index (χ4v) is 1.96. The van der Waals surface area contributed by atoms with Crippen molar-refractivity contribution in [2.45, 2.75) is 20.0 Å². The van der Waals surface area contributed by atoms with E-state index in [0.717, 1.165) is 5.56 Å². The van der Waals surface area contributed by atoms with Gasteiger partial charge in [0.25, 0.3) is 11.6 Å². The summed E-state index contributed by atoms with van der Waals surface area (Å²) < 4.78 is 5.45. The SMILES string of the molecule is CC(/C=C/c1ccccc1)=N/NC(=O)[C@H](C)Oc1ccc([N+](=O)[O-])cc1. The van der Waals surface area contributed by atoms with Gasteiger partial charge < -0.3 is 4.74 Å². The van der Waals surface area contributed by atoms with E-state index in [9.17, 15) is 14.9 Å². The van der Waals surface area contributed by atoms with Crippen LogP contribution >= 0.6 is 0 Å². The van der Waals surface area contributed by atoms with Crippen molar-refractivity contribution in [2.24, 2.45) is 5.10 Å². The summed E-state index contributed by atoms with van der Waals surface area (Å²) in [6.45, 7) is 3.34. The summed E-state index contributed by atoms with van der Waals surface area (Å²) in [5, 5.41) is 14.6. The zero-order chi connectivity index (χ0) is 18.9. The molecule has 0 aliphatic rings. The van der Waals surface area contributed by atoms with Crippen LogP contribution in [0.5, 0.6) is 5.75 Å². The Labute approximate surface area is 151 Å². The third kappa shape index (κ3) is 5.86. The van der Waals surface area contributed by atoms with E-state index in [1.54, 1.807) is 19.9 Å². The number of nitro groups is 1. The minimum absolute atomic E-state index is 0.0418. The van der Waals surface area contributed by atoms with Gasteiger partial charge in [-0.05, 0) is 37.6 Å². The third-order valence-corrected chi connectivity index (χ3v) is 3.39. The Morgan fingerprint density at radius 2 is 1.85 bits per heavy atom. The Hall–Kier alpha value is -3.48. The van der Waals surface area contributed by atoms with Gasteiger partial charge in [-0.25, -0.2) is 5.43 Å². The summed E-state index contributed by atoms with van der Waals surface area (Å²) in [7, 11) is 0. The minimum atomic E-state index is -0.800. The molecule has 0 aliphatic heterocycles. The van der Waals surface area contributed by atoms with E-state index in [1.807, 2.05) is 36.4 Å². The van der Waals surface area contributed by atoms with Crippen LogP contribution in [-0.2, 0) is 4.79 Å². The standard InChI is InChI=1S/C19H19N3O4/c1-14(8-9-16-6-4-3-5-7-16)20-21-19(23)15(2)26-18-12-10-17(11-13-18)22(24)25/h3-13,15H,1-2H3,(H,21,23)/b9-8+,20-14-/t15-/m0/s1. The molecule has 0 heterocycles. The van der Waals surface area contributed by atoms with Gasteiger partial charge in [0.2, 0.25) is 0 Å². The molecule has 0 saturated carbocycles. The average Bonchev–Trinajstić information content (AvgIpc) is 2.65. The molecule has 0 bridgehead atoms. The van der Waals surface area contributed by atoms with Crippen LogP contribution in [0.25, 0.3) is 6.08 Å². The van der Waals surface area contributed by atoms with Gasteiger partial charge in [0, 0.05) is 12.1 Å². The van der Waals surface area contributed by atoms with Gasteiger partial charge in [0.05, 0.1) is 10.6 Å². The first-order chi connectivity index (χ1) is 12.5. The molecular weight excluding hydrogens is 334 g/mol. The number of rotatable bonds is 7. The van der Waals surface area contributed by atoms with Crippen LogP contribution in [-0.4, -0.2) is 22.6 Å². The fraction of sp³-hybridized carbons (Fsp3) is 0.158. The van der Waals surface area contributed by atoms with Crippen molar-refractivity contribution in [1.82, 2.24) is 5.43 Å². The van der Waals surface area contributed by atoms with Crippen LogP contribution in [0.1, 0.15) is 19.4 Å². The van der Waals surface area contributed by atoms with Gasteiger partial charge in [-0.15, -0.1) is 0 Å². The second-order valence-corrected chi connectivity index (χ2v) is 5.48. The van der Waals surface area contributed by atoms with E-state index in [-0.39, 0.29) is 5.69 Å². The maximum atomic E-state index is 12.0. The number of benzene rings is 2. The van der Waals surface area contributed by atoms with Crippen LogP contribution in [0.4, 0.5) is 5.69 Å². The Morgan fingerprint density at radius 3 is 2.46 bits per heavy atom. The lowest BCUT2D eigenvalue weighted by molar-refractivity contribution is -0.384. The van der Waals surface area contributed by atoms with E-state index in [0.29, 0.717) is 11.5 Å². The number of carbonyl (C=O) groups is 1. The summed E-state index contributed by atoms with van der Waals surface area (Å²) in [5.74, 6) is -0.0567. The number of hydrogen-bond donors (Lipinski definition) is 1. The normalized spacial score (nSPS) is 12.6. The van der Waals surface area contributed by atoms with Gasteiger partial charge in [0.1, 0.15) is 5.75 Å². The molecule has 7 nitrogen and oxygen atoms in total. The highest BCUT2D eigenvalue weighted by atomic mass is 16.6. The molecule has 2 rings (SSSR count). The molecular formula is C19H19N3O4. The summed E-state index contributed by atoms with van der Waals surface area (Å²) in [6, 6.07) is 15.2. The second kappa shape index (κ2) is 9.12. The number of hydrazone groups is 1. The second-order valence-electron chi connectivity index (χ2n) is 5.48.